The van der Waals surface area contributed by atoms with Crippen molar-refractivity contribution in [3.05, 3.63) is 78.3 Å². The summed E-state index contributed by atoms with van der Waals surface area (Å²) < 4.78 is 11.0. The molecule has 1 fully saturated rings. The Labute approximate surface area is 189 Å². The van der Waals surface area contributed by atoms with Crippen LogP contribution in [0.3, 0.4) is 0 Å². The van der Waals surface area contributed by atoms with Gasteiger partial charge in [-0.3, -0.25) is 4.90 Å². The lowest BCUT2D eigenvalue weighted by atomic mass is 10.1. The number of carbonyl (C=O) groups is 1. The van der Waals surface area contributed by atoms with E-state index >= 15 is 0 Å². The minimum absolute atomic E-state index is 0.0226. The van der Waals surface area contributed by atoms with E-state index in [1.54, 1.807) is 13.4 Å². The van der Waals surface area contributed by atoms with E-state index in [1.165, 1.54) is 5.69 Å². The summed E-state index contributed by atoms with van der Waals surface area (Å²) in [5.41, 5.74) is 3.03. The number of carbonyl (C=O) groups excluding carboxylic acids is 1. The zero-order valence-corrected chi connectivity index (χ0v) is 18.6. The Balaban J connectivity index is 1.36. The third kappa shape index (κ3) is 5.23. The summed E-state index contributed by atoms with van der Waals surface area (Å²) in [6.45, 7) is 5.99. The van der Waals surface area contributed by atoms with E-state index in [1.807, 2.05) is 55.5 Å². The van der Waals surface area contributed by atoms with Gasteiger partial charge < -0.3 is 24.7 Å². The molecule has 0 saturated carbocycles. The minimum Gasteiger partial charge on any atom is -0.497 e. The van der Waals surface area contributed by atoms with Crippen LogP contribution in [0.2, 0.25) is 0 Å². The highest BCUT2D eigenvalue weighted by Crippen LogP contribution is 2.25. The van der Waals surface area contributed by atoms with E-state index in [0.717, 1.165) is 48.9 Å². The Hall–Kier alpha value is -3.45. The number of aryl methyl sites for hydroxylation is 1. The lowest BCUT2D eigenvalue weighted by Gasteiger charge is -2.39. The van der Waals surface area contributed by atoms with Gasteiger partial charge in [0, 0.05) is 44.1 Å². The van der Waals surface area contributed by atoms with Crippen LogP contribution < -0.4 is 20.3 Å². The number of furan rings is 1. The normalized spacial score (nSPS) is 15.2. The molecule has 32 heavy (non-hydrogen) atoms. The van der Waals surface area contributed by atoms with E-state index in [0.29, 0.717) is 6.54 Å². The highest BCUT2D eigenvalue weighted by molar-refractivity contribution is 5.90. The van der Waals surface area contributed by atoms with Crippen LogP contribution in [0.1, 0.15) is 17.4 Å². The van der Waals surface area contributed by atoms with Crippen LogP contribution in [0.25, 0.3) is 0 Å². The molecule has 2 N–H and O–H groups in total. The van der Waals surface area contributed by atoms with Crippen LogP contribution in [0.4, 0.5) is 16.2 Å². The summed E-state index contributed by atoms with van der Waals surface area (Å²) in [5, 5.41) is 5.95. The first-order chi connectivity index (χ1) is 15.6. The van der Waals surface area contributed by atoms with Gasteiger partial charge in [0.05, 0.1) is 19.4 Å². The molecule has 1 unspecified atom stereocenters. The van der Waals surface area contributed by atoms with Crippen LogP contribution in [-0.4, -0.2) is 50.8 Å². The van der Waals surface area contributed by atoms with Gasteiger partial charge in [0.15, 0.2) is 0 Å². The molecule has 0 radical (unpaired) electrons. The zero-order chi connectivity index (χ0) is 22.3. The number of nitrogens with one attached hydrogen (secondary N) is 2. The number of benzene rings is 2. The number of rotatable bonds is 7. The van der Waals surface area contributed by atoms with Gasteiger partial charge in [0.2, 0.25) is 0 Å². The highest BCUT2D eigenvalue weighted by Gasteiger charge is 2.27. The number of methoxy groups -OCH3 is 1. The van der Waals surface area contributed by atoms with E-state index in [4.69, 9.17) is 9.15 Å². The molecule has 2 amide bonds. The summed E-state index contributed by atoms with van der Waals surface area (Å²) >= 11 is 0. The van der Waals surface area contributed by atoms with Crippen molar-refractivity contribution in [2.75, 3.05) is 50.1 Å². The van der Waals surface area contributed by atoms with Crippen molar-refractivity contribution in [3.8, 4) is 5.75 Å². The van der Waals surface area contributed by atoms with Gasteiger partial charge in [0.25, 0.3) is 0 Å². The van der Waals surface area contributed by atoms with Gasteiger partial charge in [0.1, 0.15) is 11.5 Å². The quantitative estimate of drug-likeness (QED) is 0.581. The lowest BCUT2D eigenvalue weighted by molar-refractivity contribution is 0.162. The van der Waals surface area contributed by atoms with Gasteiger partial charge in [-0.1, -0.05) is 18.2 Å². The van der Waals surface area contributed by atoms with E-state index in [-0.39, 0.29) is 12.1 Å². The smallest absolute Gasteiger partial charge is 0.319 e. The number of urea groups is 1. The molecule has 0 aliphatic carbocycles. The summed E-state index contributed by atoms with van der Waals surface area (Å²) in [5.74, 6) is 1.72. The zero-order valence-electron chi connectivity index (χ0n) is 18.6. The first kappa shape index (κ1) is 21.8. The van der Waals surface area contributed by atoms with Crippen molar-refractivity contribution in [1.29, 1.82) is 0 Å². The monoisotopic (exact) mass is 434 g/mol. The maximum absolute atomic E-state index is 12.5. The molecule has 4 rings (SSSR count). The molecule has 1 aliphatic rings. The van der Waals surface area contributed by atoms with Gasteiger partial charge in [-0.15, -0.1) is 0 Å². The second-order valence-corrected chi connectivity index (χ2v) is 7.90. The van der Waals surface area contributed by atoms with Crippen LogP contribution in [-0.2, 0) is 0 Å². The molecule has 2 aromatic carbocycles. The SMILES string of the molecule is COc1ccc(N2CCN(C(CNC(=O)Nc3ccccc3C)c3ccco3)CC2)cc1. The molecule has 7 nitrogen and oxygen atoms in total. The van der Waals surface area contributed by atoms with E-state index in [2.05, 4.69) is 32.6 Å². The number of piperazine rings is 1. The molecule has 1 aliphatic heterocycles. The predicted octanol–water partition coefficient (Wildman–Crippen LogP) is 4.28. The van der Waals surface area contributed by atoms with Crippen molar-refractivity contribution >= 4 is 17.4 Å². The van der Waals surface area contributed by atoms with Gasteiger partial charge >= 0.3 is 6.03 Å². The molecular formula is C25H30N4O3. The molecule has 1 saturated heterocycles. The molecule has 7 heteroatoms. The molecule has 1 aromatic heterocycles. The number of amides is 2. The van der Waals surface area contributed by atoms with Gasteiger partial charge in [-0.25, -0.2) is 4.79 Å². The Bertz CT molecular complexity index is 996. The fourth-order valence-electron chi connectivity index (χ4n) is 4.04. The maximum atomic E-state index is 12.5. The fraction of sp³-hybridized carbons (Fsp3) is 0.320. The molecule has 2 heterocycles. The first-order valence-electron chi connectivity index (χ1n) is 10.9. The van der Waals surface area contributed by atoms with Crippen molar-refractivity contribution < 1.29 is 13.9 Å². The van der Waals surface area contributed by atoms with Crippen LogP contribution >= 0.6 is 0 Å². The van der Waals surface area contributed by atoms with Crippen molar-refractivity contribution in [3.63, 3.8) is 0 Å². The summed E-state index contributed by atoms with van der Waals surface area (Å²) in [4.78, 5) is 17.3. The van der Waals surface area contributed by atoms with E-state index < -0.39 is 0 Å². The maximum Gasteiger partial charge on any atom is 0.319 e. The molecule has 168 valence electrons. The summed E-state index contributed by atoms with van der Waals surface area (Å²) in [6, 6.07) is 19.5. The molecule has 3 aromatic rings. The minimum atomic E-state index is -0.215. The second-order valence-electron chi connectivity index (χ2n) is 7.90. The fourth-order valence-corrected chi connectivity index (χ4v) is 4.04. The third-order valence-electron chi connectivity index (χ3n) is 5.91. The van der Waals surface area contributed by atoms with Crippen molar-refractivity contribution in [2.24, 2.45) is 0 Å². The average Bonchev–Trinajstić information content (AvgIpc) is 3.36. The number of nitrogens with zero attached hydrogens (tertiary/aromatic N) is 2. The van der Waals surface area contributed by atoms with Crippen molar-refractivity contribution in [1.82, 2.24) is 10.2 Å². The first-order valence-corrected chi connectivity index (χ1v) is 10.9. The molecule has 1 atom stereocenters. The summed E-state index contributed by atoms with van der Waals surface area (Å²) in [7, 11) is 1.68. The largest absolute Gasteiger partial charge is 0.497 e. The Morgan fingerprint density at radius 3 is 2.44 bits per heavy atom. The van der Waals surface area contributed by atoms with Gasteiger partial charge in [-0.2, -0.15) is 0 Å². The predicted molar refractivity (Wildman–Crippen MR) is 126 cm³/mol. The average molecular weight is 435 g/mol. The van der Waals surface area contributed by atoms with Gasteiger partial charge in [-0.05, 0) is 55.0 Å². The van der Waals surface area contributed by atoms with Crippen LogP contribution in [0.5, 0.6) is 5.75 Å². The molecular weight excluding hydrogens is 404 g/mol. The second kappa shape index (κ2) is 10.2. The molecule has 0 bridgehead atoms. The Morgan fingerprint density at radius 2 is 1.78 bits per heavy atom. The Kier molecular flexibility index (Phi) is 6.97. The van der Waals surface area contributed by atoms with Crippen LogP contribution in [0, 0.1) is 6.92 Å². The third-order valence-corrected chi connectivity index (χ3v) is 5.91. The standard InChI is InChI=1S/C25H30N4O3/c1-19-6-3-4-7-22(19)27-25(30)26-18-23(24-8-5-17-32-24)29-15-13-28(14-16-29)20-9-11-21(31-2)12-10-20/h3-12,17,23H,13-16,18H2,1-2H3,(H2,26,27,30). The van der Waals surface area contributed by atoms with E-state index in [9.17, 15) is 4.79 Å². The number of ether oxygens (including phenoxy) is 1. The molecule has 0 spiro atoms. The Morgan fingerprint density at radius 1 is 1.03 bits per heavy atom. The lowest BCUT2D eigenvalue weighted by Crippen LogP contribution is -2.50. The topological polar surface area (TPSA) is 70.0 Å². The number of hydrogen-bond acceptors (Lipinski definition) is 5. The summed E-state index contributed by atoms with van der Waals surface area (Å²) in [6.07, 6.45) is 1.68. The number of para-hydroxylation sites is 1. The van der Waals surface area contributed by atoms with Crippen molar-refractivity contribution in [2.45, 2.75) is 13.0 Å². The number of anilines is 2. The number of hydrogen-bond donors (Lipinski definition) is 2. The van der Waals surface area contributed by atoms with Crippen LogP contribution in [0.15, 0.2) is 71.3 Å². The highest BCUT2D eigenvalue weighted by atomic mass is 16.5.